The topological polar surface area (TPSA) is 88.4 Å². The van der Waals surface area contributed by atoms with Crippen molar-refractivity contribution >= 4 is 28.5 Å². The summed E-state index contributed by atoms with van der Waals surface area (Å²) >= 11 is 0. The van der Waals surface area contributed by atoms with Crippen LogP contribution < -0.4 is 5.73 Å². The normalized spacial score (nSPS) is 10.5. The third kappa shape index (κ3) is 2.90. The summed E-state index contributed by atoms with van der Waals surface area (Å²) in [5.41, 5.74) is 7.57. The number of anilines is 1. The molecule has 6 nitrogen and oxygen atoms in total. The van der Waals surface area contributed by atoms with Crippen LogP contribution in [-0.4, -0.2) is 42.0 Å². The number of aromatic nitrogens is 1. The summed E-state index contributed by atoms with van der Waals surface area (Å²) in [5, 5.41) is 0.859. The molecule has 0 saturated heterocycles. The van der Waals surface area contributed by atoms with Crippen molar-refractivity contribution < 1.29 is 14.3 Å². The molecule has 0 spiro atoms. The summed E-state index contributed by atoms with van der Waals surface area (Å²) in [4.78, 5) is 27.9. The zero-order chi connectivity index (χ0) is 14.7. The number of nitrogens with zero attached hydrogens (tertiary/aromatic N) is 1. The van der Waals surface area contributed by atoms with Gasteiger partial charge < -0.3 is 20.4 Å². The number of ether oxygens (including phenoxy) is 1. The van der Waals surface area contributed by atoms with E-state index < -0.39 is 5.97 Å². The van der Waals surface area contributed by atoms with Crippen LogP contribution in [0.2, 0.25) is 0 Å². The highest BCUT2D eigenvalue weighted by Crippen LogP contribution is 2.19. The maximum absolute atomic E-state index is 12.2. The van der Waals surface area contributed by atoms with E-state index in [9.17, 15) is 9.59 Å². The molecule has 3 N–H and O–H groups in total. The Balaban J connectivity index is 2.16. The first-order valence-corrected chi connectivity index (χ1v) is 6.30. The van der Waals surface area contributed by atoms with Gasteiger partial charge in [-0.1, -0.05) is 0 Å². The molecule has 0 radical (unpaired) electrons. The van der Waals surface area contributed by atoms with Gasteiger partial charge in [-0.15, -0.1) is 0 Å². The maximum atomic E-state index is 12.2. The molecule has 0 aliphatic rings. The molecule has 2 aromatic rings. The average molecular weight is 275 g/mol. The van der Waals surface area contributed by atoms with E-state index in [1.54, 1.807) is 32.2 Å². The number of nitrogens with two attached hydrogens (primary N) is 1. The fraction of sp³-hybridized carbons (Fsp3) is 0.286. The monoisotopic (exact) mass is 275 g/mol. The first-order valence-electron chi connectivity index (χ1n) is 6.30. The molecular formula is C14H17N3O3. The number of carbonyl (C=O) groups excluding carboxylic acids is 2. The third-order valence-electron chi connectivity index (χ3n) is 2.89. The number of hydrogen-bond acceptors (Lipinski definition) is 4. The van der Waals surface area contributed by atoms with Crippen LogP contribution in [0.25, 0.3) is 10.9 Å². The molecule has 2 rings (SSSR count). The molecule has 0 aliphatic heterocycles. The lowest BCUT2D eigenvalue weighted by Gasteiger charge is -2.14. The van der Waals surface area contributed by atoms with E-state index in [1.807, 2.05) is 6.07 Å². The molecule has 0 fully saturated rings. The Hall–Kier alpha value is -2.50. The Labute approximate surface area is 116 Å². The van der Waals surface area contributed by atoms with Crippen molar-refractivity contribution in [3.8, 4) is 0 Å². The van der Waals surface area contributed by atoms with Gasteiger partial charge in [0.1, 0.15) is 12.2 Å². The lowest BCUT2D eigenvalue weighted by molar-refractivity contribution is -0.143. The second-order valence-corrected chi connectivity index (χ2v) is 4.50. The summed E-state index contributed by atoms with van der Waals surface area (Å²) in [5.74, 6) is -0.698. The van der Waals surface area contributed by atoms with Gasteiger partial charge in [0.15, 0.2) is 0 Å². The highest BCUT2D eigenvalue weighted by molar-refractivity contribution is 5.99. The lowest BCUT2D eigenvalue weighted by atomic mass is 10.2. The van der Waals surface area contributed by atoms with Crippen molar-refractivity contribution in [1.82, 2.24) is 9.88 Å². The van der Waals surface area contributed by atoms with E-state index in [0.717, 1.165) is 10.9 Å². The third-order valence-corrected chi connectivity index (χ3v) is 2.89. The van der Waals surface area contributed by atoms with Crippen LogP contribution in [0.5, 0.6) is 0 Å². The maximum Gasteiger partial charge on any atom is 0.325 e. The lowest BCUT2D eigenvalue weighted by Crippen LogP contribution is -2.33. The van der Waals surface area contributed by atoms with Gasteiger partial charge in [-0.2, -0.15) is 0 Å². The number of benzene rings is 1. The number of rotatable bonds is 4. The van der Waals surface area contributed by atoms with Gasteiger partial charge in [-0.05, 0) is 31.2 Å². The predicted octanol–water partition coefficient (Wildman–Crippen LogP) is 1.39. The quantitative estimate of drug-likeness (QED) is 0.652. The highest BCUT2D eigenvalue weighted by atomic mass is 16.5. The van der Waals surface area contributed by atoms with E-state index in [2.05, 4.69) is 4.98 Å². The van der Waals surface area contributed by atoms with Crippen LogP contribution in [0.1, 0.15) is 17.4 Å². The number of fused-ring (bicyclic) bond motifs is 1. The molecule has 0 aliphatic carbocycles. The van der Waals surface area contributed by atoms with Gasteiger partial charge in [-0.3, -0.25) is 9.59 Å². The van der Waals surface area contributed by atoms with Crippen molar-refractivity contribution in [3.05, 3.63) is 30.0 Å². The zero-order valence-electron chi connectivity index (χ0n) is 11.5. The van der Waals surface area contributed by atoms with E-state index >= 15 is 0 Å². The van der Waals surface area contributed by atoms with Crippen LogP contribution in [0.15, 0.2) is 24.3 Å². The minimum absolute atomic E-state index is 0.0792. The summed E-state index contributed by atoms with van der Waals surface area (Å²) in [6, 6.07) is 7.08. The molecular weight excluding hydrogens is 258 g/mol. The van der Waals surface area contributed by atoms with Crippen molar-refractivity contribution in [3.63, 3.8) is 0 Å². The van der Waals surface area contributed by atoms with Crippen molar-refractivity contribution in [1.29, 1.82) is 0 Å². The molecule has 6 heteroatoms. The van der Waals surface area contributed by atoms with Crippen molar-refractivity contribution in [2.45, 2.75) is 6.92 Å². The molecule has 106 valence electrons. The Bertz CT molecular complexity index is 648. The number of carbonyl (C=O) groups is 2. The minimum atomic E-state index is -0.427. The molecule has 1 aromatic carbocycles. The molecule has 1 aromatic heterocycles. The Morgan fingerprint density at radius 2 is 2.10 bits per heavy atom. The Morgan fingerprint density at radius 1 is 1.35 bits per heavy atom. The summed E-state index contributed by atoms with van der Waals surface area (Å²) in [7, 11) is 1.55. The standard InChI is InChI=1S/C14H17N3O3/c1-3-20-13(18)8-17(2)14(19)12-7-9-6-10(15)4-5-11(9)16-12/h4-7,16H,3,8,15H2,1-2H3. The number of hydrogen-bond donors (Lipinski definition) is 2. The number of nitrogen functional groups attached to an aromatic ring is 1. The van der Waals surface area contributed by atoms with E-state index in [-0.39, 0.29) is 12.5 Å². The minimum Gasteiger partial charge on any atom is -0.465 e. The first kappa shape index (κ1) is 13.9. The summed E-state index contributed by atoms with van der Waals surface area (Å²) < 4.78 is 4.81. The van der Waals surface area contributed by atoms with E-state index in [0.29, 0.717) is 18.0 Å². The second kappa shape index (κ2) is 5.64. The molecule has 0 saturated carbocycles. The number of amides is 1. The second-order valence-electron chi connectivity index (χ2n) is 4.50. The summed E-state index contributed by atoms with van der Waals surface area (Å²) in [6.07, 6.45) is 0. The predicted molar refractivity (Wildman–Crippen MR) is 76.3 cm³/mol. The zero-order valence-corrected chi connectivity index (χ0v) is 11.5. The molecule has 1 amide bonds. The van der Waals surface area contributed by atoms with Gasteiger partial charge in [0.2, 0.25) is 0 Å². The van der Waals surface area contributed by atoms with Crippen LogP contribution in [0.4, 0.5) is 5.69 Å². The molecule has 1 heterocycles. The number of likely N-dealkylation sites (N-methyl/N-ethyl adjacent to an activating group) is 1. The fourth-order valence-corrected chi connectivity index (χ4v) is 1.94. The number of aromatic amines is 1. The number of nitrogens with one attached hydrogen (secondary N) is 1. The largest absolute Gasteiger partial charge is 0.465 e. The van der Waals surface area contributed by atoms with E-state index in [4.69, 9.17) is 10.5 Å². The number of esters is 1. The van der Waals surface area contributed by atoms with Gasteiger partial charge in [0.05, 0.1) is 6.61 Å². The fourth-order valence-electron chi connectivity index (χ4n) is 1.94. The van der Waals surface area contributed by atoms with Gasteiger partial charge in [0, 0.05) is 23.6 Å². The van der Waals surface area contributed by atoms with Crippen LogP contribution in [-0.2, 0) is 9.53 Å². The van der Waals surface area contributed by atoms with Crippen LogP contribution >= 0.6 is 0 Å². The average Bonchev–Trinajstić information content (AvgIpc) is 2.80. The van der Waals surface area contributed by atoms with Crippen molar-refractivity contribution in [2.24, 2.45) is 0 Å². The van der Waals surface area contributed by atoms with Gasteiger partial charge in [0.25, 0.3) is 5.91 Å². The highest BCUT2D eigenvalue weighted by Gasteiger charge is 2.17. The van der Waals surface area contributed by atoms with Gasteiger partial charge >= 0.3 is 5.97 Å². The Morgan fingerprint density at radius 3 is 2.80 bits per heavy atom. The van der Waals surface area contributed by atoms with Crippen LogP contribution in [0.3, 0.4) is 0 Å². The number of H-pyrrole nitrogens is 1. The smallest absolute Gasteiger partial charge is 0.325 e. The van der Waals surface area contributed by atoms with Crippen molar-refractivity contribution in [2.75, 3.05) is 25.9 Å². The summed E-state index contributed by atoms with van der Waals surface area (Å²) in [6.45, 7) is 1.94. The molecule has 20 heavy (non-hydrogen) atoms. The van der Waals surface area contributed by atoms with E-state index in [1.165, 1.54) is 4.90 Å². The first-order chi connectivity index (χ1) is 9.51. The molecule has 0 unspecified atom stereocenters. The molecule has 0 atom stereocenters. The van der Waals surface area contributed by atoms with Gasteiger partial charge in [-0.25, -0.2) is 0 Å². The van der Waals surface area contributed by atoms with Crippen LogP contribution in [0, 0.1) is 0 Å². The molecule has 0 bridgehead atoms. The Kier molecular flexibility index (Phi) is 3.93. The SMILES string of the molecule is CCOC(=O)CN(C)C(=O)c1cc2cc(N)ccc2[nH]1.